The summed E-state index contributed by atoms with van der Waals surface area (Å²) in [5.74, 6) is 1.11. The number of hydrogen-bond acceptors (Lipinski definition) is 4. The number of rotatable bonds is 5. The minimum atomic E-state index is -0.357. The predicted molar refractivity (Wildman–Crippen MR) is 115 cm³/mol. The highest BCUT2D eigenvalue weighted by Crippen LogP contribution is 2.39. The number of carbonyl (C=O) groups excluding carboxylic acids is 2. The standard InChI is InChI=1S/C24H26N2O4/c1-4-29-23-12-18-11-15(2)30-22(18)13-20(23)25-24(28)14-21-19-8-6-5-7-17(19)9-10-26(21)16(3)27/h5-10,12-13,15,21H,4,11,14H2,1-3H3,(H,25,28). The van der Waals surface area contributed by atoms with Crippen molar-refractivity contribution >= 4 is 23.6 Å². The molecular formula is C24H26N2O4. The zero-order chi connectivity index (χ0) is 21.3. The maximum absolute atomic E-state index is 13.0. The minimum Gasteiger partial charge on any atom is -0.492 e. The van der Waals surface area contributed by atoms with E-state index < -0.39 is 0 Å². The van der Waals surface area contributed by atoms with Crippen molar-refractivity contribution in [3.63, 3.8) is 0 Å². The summed E-state index contributed by atoms with van der Waals surface area (Å²) in [7, 11) is 0. The van der Waals surface area contributed by atoms with Crippen molar-refractivity contribution in [3.8, 4) is 11.5 Å². The van der Waals surface area contributed by atoms with E-state index in [9.17, 15) is 9.59 Å². The van der Waals surface area contributed by atoms with Crippen LogP contribution in [-0.4, -0.2) is 29.4 Å². The lowest BCUT2D eigenvalue weighted by Gasteiger charge is -2.32. The molecule has 6 heteroatoms. The Morgan fingerprint density at radius 3 is 2.83 bits per heavy atom. The summed E-state index contributed by atoms with van der Waals surface area (Å²) in [5, 5.41) is 2.97. The lowest BCUT2D eigenvalue weighted by atomic mass is 9.93. The fraction of sp³-hybridized carbons (Fsp3) is 0.333. The van der Waals surface area contributed by atoms with Gasteiger partial charge in [0.2, 0.25) is 11.8 Å². The molecule has 30 heavy (non-hydrogen) atoms. The van der Waals surface area contributed by atoms with E-state index in [1.165, 1.54) is 6.92 Å². The first-order valence-electron chi connectivity index (χ1n) is 10.3. The first kappa shape index (κ1) is 20.0. The Morgan fingerprint density at radius 2 is 2.07 bits per heavy atom. The Balaban J connectivity index is 1.58. The maximum Gasteiger partial charge on any atom is 0.226 e. The monoisotopic (exact) mass is 406 g/mol. The van der Waals surface area contributed by atoms with Crippen LogP contribution < -0.4 is 14.8 Å². The van der Waals surface area contributed by atoms with Crippen LogP contribution in [0.25, 0.3) is 6.08 Å². The van der Waals surface area contributed by atoms with Crippen molar-refractivity contribution in [2.75, 3.05) is 11.9 Å². The van der Waals surface area contributed by atoms with Crippen LogP contribution in [0.5, 0.6) is 11.5 Å². The number of nitrogens with one attached hydrogen (secondary N) is 1. The zero-order valence-electron chi connectivity index (χ0n) is 17.5. The summed E-state index contributed by atoms with van der Waals surface area (Å²) in [6, 6.07) is 11.2. The van der Waals surface area contributed by atoms with Crippen LogP contribution in [0.2, 0.25) is 0 Å². The van der Waals surface area contributed by atoms with Crippen LogP contribution in [0, 0.1) is 0 Å². The lowest BCUT2D eigenvalue weighted by molar-refractivity contribution is -0.129. The number of benzene rings is 2. The number of carbonyl (C=O) groups is 2. The van der Waals surface area contributed by atoms with E-state index in [1.54, 1.807) is 11.1 Å². The van der Waals surface area contributed by atoms with Gasteiger partial charge in [0.05, 0.1) is 24.8 Å². The van der Waals surface area contributed by atoms with Crippen molar-refractivity contribution in [2.45, 2.75) is 45.8 Å². The van der Waals surface area contributed by atoms with Gasteiger partial charge >= 0.3 is 0 Å². The van der Waals surface area contributed by atoms with Gasteiger partial charge in [0.25, 0.3) is 0 Å². The smallest absolute Gasteiger partial charge is 0.226 e. The Bertz CT molecular complexity index is 1010. The fourth-order valence-electron chi connectivity index (χ4n) is 4.10. The summed E-state index contributed by atoms with van der Waals surface area (Å²) >= 11 is 0. The molecule has 1 N–H and O–H groups in total. The highest BCUT2D eigenvalue weighted by atomic mass is 16.5. The topological polar surface area (TPSA) is 67.9 Å². The molecule has 2 aliphatic rings. The predicted octanol–water partition coefficient (Wildman–Crippen LogP) is 4.31. The molecule has 2 heterocycles. The third kappa shape index (κ3) is 3.90. The second-order valence-electron chi connectivity index (χ2n) is 7.66. The van der Waals surface area contributed by atoms with Crippen molar-refractivity contribution in [1.82, 2.24) is 4.90 Å². The van der Waals surface area contributed by atoms with Gasteiger partial charge in [-0.1, -0.05) is 24.3 Å². The second kappa shape index (κ2) is 8.22. The highest BCUT2D eigenvalue weighted by molar-refractivity contribution is 5.94. The van der Waals surface area contributed by atoms with E-state index in [-0.39, 0.29) is 30.4 Å². The molecule has 2 atom stereocenters. The van der Waals surface area contributed by atoms with Crippen molar-refractivity contribution in [3.05, 3.63) is 59.3 Å². The lowest BCUT2D eigenvalue weighted by Crippen LogP contribution is -2.33. The average molecular weight is 406 g/mol. The van der Waals surface area contributed by atoms with Gasteiger partial charge in [-0.15, -0.1) is 0 Å². The maximum atomic E-state index is 13.0. The molecule has 4 rings (SSSR count). The second-order valence-corrected chi connectivity index (χ2v) is 7.66. The summed E-state index contributed by atoms with van der Waals surface area (Å²) in [6.45, 7) is 5.93. The van der Waals surface area contributed by atoms with Crippen molar-refractivity contribution in [2.24, 2.45) is 0 Å². The molecule has 0 radical (unpaired) electrons. The van der Waals surface area contributed by atoms with Crippen LogP contribution in [0.1, 0.15) is 49.9 Å². The van der Waals surface area contributed by atoms with E-state index in [2.05, 4.69) is 5.32 Å². The molecule has 0 saturated heterocycles. The Morgan fingerprint density at radius 1 is 1.27 bits per heavy atom. The summed E-state index contributed by atoms with van der Waals surface area (Å²) < 4.78 is 11.6. The number of nitrogens with zero attached hydrogens (tertiary/aromatic N) is 1. The van der Waals surface area contributed by atoms with E-state index in [0.717, 1.165) is 28.9 Å². The average Bonchev–Trinajstić information content (AvgIpc) is 3.07. The van der Waals surface area contributed by atoms with Crippen LogP contribution in [0.15, 0.2) is 42.6 Å². The third-order valence-electron chi connectivity index (χ3n) is 5.42. The quantitative estimate of drug-likeness (QED) is 0.803. The van der Waals surface area contributed by atoms with E-state index >= 15 is 0 Å². The fourth-order valence-corrected chi connectivity index (χ4v) is 4.10. The number of hydrogen-bond donors (Lipinski definition) is 1. The van der Waals surface area contributed by atoms with Crippen LogP contribution in [0.3, 0.4) is 0 Å². The number of anilines is 1. The molecule has 2 aliphatic heterocycles. The molecule has 0 saturated carbocycles. The molecule has 2 aromatic carbocycles. The number of fused-ring (bicyclic) bond motifs is 2. The van der Waals surface area contributed by atoms with Crippen LogP contribution in [-0.2, 0) is 16.0 Å². The summed E-state index contributed by atoms with van der Waals surface area (Å²) in [5.41, 5.74) is 3.64. The van der Waals surface area contributed by atoms with E-state index in [4.69, 9.17) is 9.47 Å². The highest BCUT2D eigenvalue weighted by Gasteiger charge is 2.29. The normalized spacial score (nSPS) is 19.0. The number of amides is 2. The SMILES string of the molecule is CCOc1cc2c(cc1NC(=O)CC1c3ccccc3C=CN1C(C)=O)OC(C)C2. The molecule has 156 valence electrons. The first-order chi connectivity index (χ1) is 14.5. The third-order valence-corrected chi connectivity index (χ3v) is 5.42. The molecule has 0 bridgehead atoms. The molecule has 2 aromatic rings. The summed E-state index contributed by atoms with van der Waals surface area (Å²) in [6.07, 6.45) is 4.72. The zero-order valence-corrected chi connectivity index (χ0v) is 17.5. The van der Waals surface area contributed by atoms with Crippen molar-refractivity contribution in [1.29, 1.82) is 0 Å². The molecule has 2 unspecified atom stereocenters. The van der Waals surface area contributed by atoms with Crippen molar-refractivity contribution < 1.29 is 19.1 Å². The van der Waals surface area contributed by atoms with Crippen LogP contribution in [0.4, 0.5) is 5.69 Å². The Kier molecular flexibility index (Phi) is 5.48. The molecule has 0 aromatic heterocycles. The molecule has 0 spiro atoms. The number of ether oxygens (including phenoxy) is 2. The molecule has 0 fully saturated rings. The van der Waals surface area contributed by atoms with E-state index in [0.29, 0.717) is 18.0 Å². The minimum absolute atomic E-state index is 0.103. The van der Waals surface area contributed by atoms with Gasteiger partial charge in [0.15, 0.2) is 0 Å². The van der Waals surface area contributed by atoms with Gasteiger partial charge in [0.1, 0.15) is 17.6 Å². The van der Waals surface area contributed by atoms with Gasteiger partial charge in [-0.25, -0.2) is 0 Å². The molecule has 0 aliphatic carbocycles. The van der Waals surface area contributed by atoms with Gasteiger partial charge in [-0.2, -0.15) is 0 Å². The molecule has 6 nitrogen and oxygen atoms in total. The van der Waals surface area contributed by atoms with Gasteiger partial charge in [-0.05, 0) is 37.1 Å². The van der Waals surface area contributed by atoms with Gasteiger partial charge in [0, 0.05) is 31.2 Å². The van der Waals surface area contributed by atoms with Crippen LogP contribution >= 0.6 is 0 Å². The van der Waals surface area contributed by atoms with E-state index in [1.807, 2.05) is 56.3 Å². The Labute approximate surface area is 176 Å². The summed E-state index contributed by atoms with van der Waals surface area (Å²) in [4.78, 5) is 26.8. The first-order valence-corrected chi connectivity index (χ1v) is 10.3. The van der Waals surface area contributed by atoms with Gasteiger partial charge in [-0.3, -0.25) is 9.59 Å². The largest absolute Gasteiger partial charge is 0.492 e. The van der Waals surface area contributed by atoms with Gasteiger partial charge < -0.3 is 19.7 Å². The molecular weight excluding hydrogens is 380 g/mol. The molecule has 2 amide bonds. The Hall–Kier alpha value is -3.28.